The summed E-state index contributed by atoms with van der Waals surface area (Å²) in [6.45, 7) is 8.41. The summed E-state index contributed by atoms with van der Waals surface area (Å²) in [5.74, 6) is 0.580. The van der Waals surface area contributed by atoms with Gasteiger partial charge in [-0.25, -0.2) is 0 Å². The average molecular weight is 362 g/mol. The number of nitrogens with zero attached hydrogens (tertiary/aromatic N) is 1. The Morgan fingerprint density at radius 2 is 1.61 bits per heavy atom. The second kappa shape index (κ2) is 13.6. The molecule has 5 heteroatoms. The molecule has 0 radical (unpaired) electrons. The molecule has 0 aliphatic carbocycles. The van der Waals surface area contributed by atoms with Crippen molar-refractivity contribution in [2.45, 2.75) is 46.0 Å². The van der Waals surface area contributed by atoms with Crippen molar-refractivity contribution in [2.75, 3.05) is 26.2 Å². The van der Waals surface area contributed by atoms with Crippen LogP contribution < -0.4 is 4.74 Å². The Labute approximate surface area is 151 Å². The summed E-state index contributed by atoms with van der Waals surface area (Å²) in [5.41, 5.74) is 0.443. The van der Waals surface area contributed by atoms with Crippen LogP contribution in [0.25, 0.3) is 0 Å². The van der Waals surface area contributed by atoms with E-state index in [0.29, 0.717) is 17.9 Å². The summed E-state index contributed by atoms with van der Waals surface area (Å²) in [6, 6.07) is 7.13. The number of halogens is 2. The van der Waals surface area contributed by atoms with Crippen LogP contribution in [0.4, 0.5) is 0 Å². The van der Waals surface area contributed by atoms with E-state index >= 15 is 0 Å². The first-order valence-electron chi connectivity index (χ1n) is 8.33. The van der Waals surface area contributed by atoms with Crippen LogP contribution >= 0.6 is 24.0 Å². The zero-order valence-corrected chi connectivity index (χ0v) is 15.8. The van der Waals surface area contributed by atoms with E-state index < -0.39 is 5.24 Å². The molecule has 0 aliphatic rings. The SMILES string of the molecule is CCCCN(CCCC)CCCOc1ccccc1C(=O)Cl.Cl. The van der Waals surface area contributed by atoms with Crippen molar-refractivity contribution in [1.82, 2.24) is 4.90 Å². The molecular formula is C18H29Cl2NO2. The van der Waals surface area contributed by atoms with E-state index in [9.17, 15) is 4.79 Å². The second-order valence-corrected chi connectivity index (χ2v) is 5.86. The van der Waals surface area contributed by atoms with Gasteiger partial charge in [0.05, 0.1) is 12.2 Å². The summed E-state index contributed by atoms with van der Waals surface area (Å²) in [6.07, 6.45) is 5.90. The molecule has 0 aliphatic heterocycles. The van der Waals surface area contributed by atoms with Crippen LogP contribution in [0.15, 0.2) is 24.3 Å². The van der Waals surface area contributed by atoms with E-state index in [1.807, 2.05) is 6.07 Å². The molecule has 0 unspecified atom stereocenters. The molecule has 1 aromatic rings. The third-order valence-electron chi connectivity index (χ3n) is 3.63. The van der Waals surface area contributed by atoms with Crippen LogP contribution in [-0.4, -0.2) is 36.4 Å². The molecule has 1 aromatic carbocycles. The summed E-state index contributed by atoms with van der Waals surface area (Å²) in [5, 5.41) is -0.469. The molecule has 132 valence electrons. The molecule has 3 nitrogen and oxygen atoms in total. The Kier molecular flexibility index (Phi) is 13.2. The van der Waals surface area contributed by atoms with Gasteiger partial charge in [-0.2, -0.15) is 0 Å². The van der Waals surface area contributed by atoms with Crippen molar-refractivity contribution < 1.29 is 9.53 Å². The Morgan fingerprint density at radius 3 is 2.17 bits per heavy atom. The maximum atomic E-state index is 11.3. The van der Waals surface area contributed by atoms with E-state index in [4.69, 9.17) is 16.3 Å². The van der Waals surface area contributed by atoms with Gasteiger partial charge in [0.25, 0.3) is 5.24 Å². The van der Waals surface area contributed by atoms with Gasteiger partial charge in [-0.3, -0.25) is 4.79 Å². The molecule has 0 amide bonds. The predicted molar refractivity (Wildman–Crippen MR) is 100 cm³/mol. The van der Waals surface area contributed by atoms with Crippen LogP contribution in [0.1, 0.15) is 56.3 Å². The fourth-order valence-corrected chi connectivity index (χ4v) is 2.48. The first-order chi connectivity index (χ1) is 10.7. The minimum Gasteiger partial charge on any atom is -0.493 e. The van der Waals surface area contributed by atoms with Gasteiger partial charge in [-0.05, 0) is 56.1 Å². The Hall–Kier alpha value is -0.770. The van der Waals surface area contributed by atoms with Crippen molar-refractivity contribution in [1.29, 1.82) is 0 Å². The van der Waals surface area contributed by atoms with Crippen LogP contribution in [0.3, 0.4) is 0 Å². The summed E-state index contributed by atoms with van der Waals surface area (Å²) in [4.78, 5) is 13.8. The Bertz CT molecular complexity index is 433. The number of para-hydroxylation sites is 1. The fraction of sp³-hybridized carbons (Fsp3) is 0.611. The highest BCUT2D eigenvalue weighted by atomic mass is 35.5. The zero-order valence-electron chi connectivity index (χ0n) is 14.2. The molecule has 0 spiro atoms. The van der Waals surface area contributed by atoms with Crippen LogP contribution in [-0.2, 0) is 0 Å². The molecule has 0 heterocycles. The molecule has 0 atom stereocenters. The number of hydrogen-bond donors (Lipinski definition) is 0. The second-order valence-electron chi connectivity index (χ2n) is 5.52. The van der Waals surface area contributed by atoms with E-state index in [0.717, 1.165) is 26.1 Å². The van der Waals surface area contributed by atoms with Gasteiger partial charge in [0, 0.05) is 6.54 Å². The number of unbranched alkanes of at least 4 members (excludes halogenated alkanes) is 2. The van der Waals surface area contributed by atoms with Crippen molar-refractivity contribution in [3.63, 3.8) is 0 Å². The molecule has 1 rings (SSSR count). The number of ether oxygens (including phenoxy) is 1. The number of rotatable bonds is 12. The first kappa shape index (κ1) is 22.2. The van der Waals surface area contributed by atoms with Crippen molar-refractivity contribution >= 4 is 29.3 Å². The van der Waals surface area contributed by atoms with Crippen LogP contribution in [0.2, 0.25) is 0 Å². The number of carbonyl (C=O) groups excluding carboxylic acids is 1. The van der Waals surface area contributed by atoms with E-state index in [-0.39, 0.29) is 12.4 Å². The highest BCUT2D eigenvalue weighted by Gasteiger charge is 2.09. The third kappa shape index (κ3) is 9.19. The minimum atomic E-state index is -0.469. The lowest BCUT2D eigenvalue weighted by Gasteiger charge is -2.22. The Balaban J connectivity index is 0.00000484. The molecule has 23 heavy (non-hydrogen) atoms. The molecule has 0 saturated heterocycles. The van der Waals surface area contributed by atoms with E-state index in [1.165, 1.54) is 25.7 Å². The molecule has 0 N–H and O–H groups in total. The summed E-state index contributed by atoms with van der Waals surface area (Å²) >= 11 is 5.56. The van der Waals surface area contributed by atoms with Crippen LogP contribution in [0, 0.1) is 0 Å². The van der Waals surface area contributed by atoms with Gasteiger partial charge in [0.1, 0.15) is 5.75 Å². The lowest BCUT2D eigenvalue weighted by molar-refractivity contribution is 0.107. The zero-order chi connectivity index (χ0) is 16.2. The van der Waals surface area contributed by atoms with Crippen molar-refractivity contribution in [3.05, 3.63) is 29.8 Å². The predicted octanol–water partition coefficient (Wildman–Crippen LogP) is 5.16. The van der Waals surface area contributed by atoms with Gasteiger partial charge >= 0.3 is 0 Å². The topological polar surface area (TPSA) is 29.5 Å². The minimum absolute atomic E-state index is 0. The molecular weight excluding hydrogens is 333 g/mol. The van der Waals surface area contributed by atoms with E-state index in [2.05, 4.69) is 18.7 Å². The molecule has 0 aromatic heterocycles. The fourth-order valence-electron chi connectivity index (χ4n) is 2.32. The maximum absolute atomic E-state index is 11.3. The number of benzene rings is 1. The normalized spacial score (nSPS) is 10.4. The number of hydrogen-bond acceptors (Lipinski definition) is 3. The number of carbonyl (C=O) groups is 1. The molecule has 0 fully saturated rings. The smallest absolute Gasteiger partial charge is 0.256 e. The summed E-state index contributed by atoms with van der Waals surface area (Å²) < 4.78 is 5.73. The van der Waals surface area contributed by atoms with Gasteiger partial charge in [0.2, 0.25) is 0 Å². The average Bonchev–Trinajstić information content (AvgIpc) is 2.53. The quantitative estimate of drug-likeness (QED) is 0.380. The van der Waals surface area contributed by atoms with Gasteiger partial charge in [-0.1, -0.05) is 38.8 Å². The highest BCUT2D eigenvalue weighted by Crippen LogP contribution is 2.20. The lowest BCUT2D eigenvalue weighted by atomic mass is 10.2. The lowest BCUT2D eigenvalue weighted by Crippen LogP contribution is -2.28. The largest absolute Gasteiger partial charge is 0.493 e. The standard InChI is InChI=1S/C18H28ClNO2.ClH/c1-3-5-12-20(13-6-4-2)14-9-15-22-17-11-8-7-10-16(17)18(19)21;/h7-8,10-11H,3-6,9,12-15H2,1-2H3;1H. The summed E-state index contributed by atoms with van der Waals surface area (Å²) in [7, 11) is 0. The van der Waals surface area contributed by atoms with Crippen molar-refractivity contribution in [3.8, 4) is 5.75 Å². The van der Waals surface area contributed by atoms with Gasteiger partial charge in [0.15, 0.2) is 0 Å². The monoisotopic (exact) mass is 361 g/mol. The molecule has 0 saturated carbocycles. The van der Waals surface area contributed by atoms with E-state index in [1.54, 1.807) is 18.2 Å². The van der Waals surface area contributed by atoms with Crippen molar-refractivity contribution in [2.24, 2.45) is 0 Å². The third-order valence-corrected chi connectivity index (χ3v) is 3.83. The maximum Gasteiger partial charge on any atom is 0.256 e. The Morgan fingerprint density at radius 1 is 1.04 bits per heavy atom. The molecule has 0 bridgehead atoms. The van der Waals surface area contributed by atoms with Crippen LogP contribution in [0.5, 0.6) is 5.75 Å². The highest BCUT2D eigenvalue weighted by molar-refractivity contribution is 6.68. The van der Waals surface area contributed by atoms with Gasteiger partial charge in [-0.15, -0.1) is 12.4 Å². The van der Waals surface area contributed by atoms with Gasteiger partial charge < -0.3 is 9.64 Å². The first-order valence-corrected chi connectivity index (χ1v) is 8.70.